The van der Waals surface area contributed by atoms with Crippen LogP contribution >= 0.6 is 0 Å². The highest BCUT2D eigenvalue weighted by molar-refractivity contribution is 5.85. The van der Waals surface area contributed by atoms with Gasteiger partial charge in [-0.25, -0.2) is 0 Å². The van der Waals surface area contributed by atoms with Gasteiger partial charge in [-0.3, -0.25) is 14.4 Å². The van der Waals surface area contributed by atoms with Gasteiger partial charge in [-0.1, -0.05) is 36.4 Å². The van der Waals surface area contributed by atoms with Gasteiger partial charge < -0.3 is 24.8 Å². The molecule has 1 aromatic carbocycles. The zero-order chi connectivity index (χ0) is 22.1. The Bertz CT molecular complexity index is 1020. The molecule has 2 N–H and O–H groups in total. The largest absolute Gasteiger partial charge is 0.396 e. The standard InChI is InChI=1S/C23H28N4O4/c1-25(2)13-20(30)27-18-12-26-17(9-6-10-19(26)29)22(27)21(16(18)14-28)23(31)24-11-15-7-4-3-5-8-15/h3-10,16,18,21-22,28H,11-14H2,1-2H3,(H,24,31)/t16-,18-,21+,22+/m0/s1. The Labute approximate surface area is 181 Å². The van der Waals surface area contributed by atoms with Crippen LogP contribution in [-0.2, 0) is 22.7 Å². The molecule has 0 saturated carbocycles. The number of rotatable bonds is 6. The number of likely N-dealkylation sites (N-methyl/N-ethyl adjacent to an activating group) is 1. The van der Waals surface area contributed by atoms with Crippen LogP contribution in [0.2, 0.25) is 0 Å². The van der Waals surface area contributed by atoms with Crippen LogP contribution in [0.3, 0.4) is 0 Å². The van der Waals surface area contributed by atoms with E-state index in [1.807, 2.05) is 44.4 Å². The van der Waals surface area contributed by atoms with Crippen LogP contribution in [0.1, 0.15) is 17.3 Å². The number of aliphatic hydroxyl groups excluding tert-OH is 1. The number of amides is 2. The smallest absolute Gasteiger partial charge is 0.250 e. The van der Waals surface area contributed by atoms with E-state index in [4.69, 9.17) is 0 Å². The number of aliphatic hydroxyl groups is 1. The maximum atomic E-state index is 13.4. The van der Waals surface area contributed by atoms with E-state index >= 15 is 0 Å². The maximum Gasteiger partial charge on any atom is 0.250 e. The van der Waals surface area contributed by atoms with E-state index in [0.717, 1.165) is 5.56 Å². The quantitative estimate of drug-likeness (QED) is 0.692. The fraction of sp³-hybridized carbons (Fsp3) is 0.435. The number of hydrogen-bond donors (Lipinski definition) is 2. The number of hydrogen-bond acceptors (Lipinski definition) is 5. The Balaban J connectivity index is 1.70. The fourth-order valence-electron chi connectivity index (χ4n) is 4.95. The Morgan fingerprint density at radius 2 is 1.87 bits per heavy atom. The van der Waals surface area contributed by atoms with Crippen LogP contribution in [0.5, 0.6) is 0 Å². The zero-order valence-electron chi connectivity index (χ0n) is 17.8. The third-order valence-electron chi connectivity index (χ3n) is 6.27. The second-order valence-electron chi connectivity index (χ2n) is 8.53. The average Bonchev–Trinajstić information content (AvgIpc) is 3.00. The highest BCUT2D eigenvalue weighted by atomic mass is 16.3. The van der Waals surface area contributed by atoms with Crippen LogP contribution < -0.4 is 10.9 Å². The second-order valence-corrected chi connectivity index (χ2v) is 8.53. The van der Waals surface area contributed by atoms with Gasteiger partial charge in [0.2, 0.25) is 11.8 Å². The summed E-state index contributed by atoms with van der Waals surface area (Å²) in [6.45, 7) is 0.594. The Hall–Kier alpha value is -2.97. The lowest BCUT2D eigenvalue weighted by molar-refractivity contribution is -0.137. The summed E-state index contributed by atoms with van der Waals surface area (Å²) < 4.78 is 1.64. The molecular weight excluding hydrogens is 396 g/mol. The Morgan fingerprint density at radius 3 is 2.55 bits per heavy atom. The number of aromatic nitrogens is 1. The van der Waals surface area contributed by atoms with Crippen molar-refractivity contribution in [1.29, 1.82) is 0 Å². The van der Waals surface area contributed by atoms with Crippen LogP contribution in [0, 0.1) is 11.8 Å². The maximum absolute atomic E-state index is 13.4. The number of pyridine rings is 1. The summed E-state index contributed by atoms with van der Waals surface area (Å²) >= 11 is 0. The molecule has 3 heterocycles. The van der Waals surface area contributed by atoms with Crippen molar-refractivity contribution in [2.24, 2.45) is 11.8 Å². The van der Waals surface area contributed by atoms with Crippen molar-refractivity contribution < 1.29 is 14.7 Å². The summed E-state index contributed by atoms with van der Waals surface area (Å²) in [7, 11) is 3.63. The number of fused-ring (bicyclic) bond motifs is 4. The van der Waals surface area contributed by atoms with Gasteiger partial charge in [0.25, 0.3) is 5.56 Å². The Morgan fingerprint density at radius 1 is 1.13 bits per heavy atom. The molecule has 2 aliphatic heterocycles. The molecule has 2 bridgehead atoms. The van der Waals surface area contributed by atoms with Crippen molar-refractivity contribution in [3.05, 3.63) is 70.1 Å². The van der Waals surface area contributed by atoms with Gasteiger partial charge in [0.15, 0.2) is 0 Å². The van der Waals surface area contributed by atoms with Crippen molar-refractivity contribution in [2.45, 2.75) is 25.2 Å². The molecule has 8 heteroatoms. The molecule has 0 unspecified atom stereocenters. The van der Waals surface area contributed by atoms with E-state index in [9.17, 15) is 19.5 Å². The molecule has 2 amide bonds. The molecule has 164 valence electrons. The molecule has 0 spiro atoms. The van der Waals surface area contributed by atoms with Crippen molar-refractivity contribution >= 4 is 11.8 Å². The minimum Gasteiger partial charge on any atom is -0.396 e. The van der Waals surface area contributed by atoms with Crippen molar-refractivity contribution in [3.8, 4) is 0 Å². The molecule has 4 rings (SSSR count). The van der Waals surface area contributed by atoms with E-state index in [2.05, 4.69) is 5.32 Å². The van der Waals surface area contributed by atoms with Gasteiger partial charge in [0.05, 0.1) is 24.5 Å². The van der Waals surface area contributed by atoms with Gasteiger partial charge >= 0.3 is 0 Å². The molecule has 1 saturated heterocycles. The first-order chi connectivity index (χ1) is 14.9. The topological polar surface area (TPSA) is 94.9 Å². The minimum absolute atomic E-state index is 0.112. The van der Waals surface area contributed by atoms with E-state index in [-0.39, 0.29) is 37.1 Å². The summed E-state index contributed by atoms with van der Waals surface area (Å²) in [4.78, 5) is 42.5. The molecule has 1 fully saturated rings. The normalized spacial score (nSPS) is 24.2. The molecule has 8 nitrogen and oxygen atoms in total. The first kappa shape index (κ1) is 21.3. The number of benzene rings is 1. The van der Waals surface area contributed by atoms with Crippen LogP contribution in [0.4, 0.5) is 0 Å². The van der Waals surface area contributed by atoms with Crippen molar-refractivity contribution in [1.82, 2.24) is 19.7 Å². The van der Waals surface area contributed by atoms with Crippen LogP contribution in [-0.4, -0.2) is 64.6 Å². The molecule has 0 aliphatic carbocycles. The first-order valence-electron chi connectivity index (χ1n) is 10.5. The van der Waals surface area contributed by atoms with Crippen LogP contribution in [0.15, 0.2) is 53.3 Å². The van der Waals surface area contributed by atoms with E-state index < -0.39 is 23.9 Å². The lowest BCUT2D eigenvalue weighted by Crippen LogP contribution is -2.51. The highest BCUT2D eigenvalue weighted by Crippen LogP contribution is 2.48. The van der Waals surface area contributed by atoms with Crippen molar-refractivity contribution in [2.75, 3.05) is 27.2 Å². The van der Waals surface area contributed by atoms with Gasteiger partial charge in [-0.15, -0.1) is 0 Å². The lowest BCUT2D eigenvalue weighted by Gasteiger charge is -2.38. The summed E-state index contributed by atoms with van der Waals surface area (Å²) in [6, 6.07) is 13.5. The number of carbonyl (C=O) groups is 2. The molecule has 1 aromatic heterocycles. The average molecular weight is 425 g/mol. The van der Waals surface area contributed by atoms with Crippen LogP contribution in [0.25, 0.3) is 0 Å². The number of nitrogens with zero attached hydrogens (tertiary/aromatic N) is 3. The third kappa shape index (κ3) is 3.88. The van der Waals surface area contributed by atoms with Gasteiger partial charge in [0, 0.05) is 37.4 Å². The third-order valence-corrected chi connectivity index (χ3v) is 6.27. The summed E-state index contributed by atoms with van der Waals surface area (Å²) in [5, 5.41) is 13.2. The van der Waals surface area contributed by atoms with Gasteiger partial charge in [0.1, 0.15) is 0 Å². The van der Waals surface area contributed by atoms with E-state index in [1.54, 1.807) is 26.5 Å². The number of nitrogens with one attached hydrogen (secondary N) is 1. The first-order valence-corrected chi connectivity index (χ1v) is 10.5. The summed E-state index contributed by atoms with van der Waals surface area (Å²) in [5.74, 6) is -1.42. The summed E-state index contributed by atoms with van der Waals surface area (Å²) in [6.07, 6.45) is 0. The predicted octanol–water partition coefficient (Wildman–Crippen LogP) is 0.217. The predicted molar refractivity (Wildman–Crippen MR) is 115 cm³/mol. The van der Waals surface area contributed by atoms with Crippen molar-refractivity contribution in [3.63, 3.8) is 0 Å². The molecule has 4 atom stereocenters. The zero-order valence-corrected chi connectivity index (χ0v) is 17.8. The van der Waals surface area contributed by atoms with Gasteiger partial charge in [-0.05, 0) is 25.7 Å². The minimum atomic E-state index is -0.639. The van der Waals surface area contributed by atoms with E-state index in [0.29, 0.717) is 12.2 Å². The molecule has 2 aromatic rings. The molecule has 31 heavy (non-hydrogen) atoms. The SMILES string of the molecule is CN(C)CC(=O)N1[C@@H]2c3cccc(=O)n3C[C@H]1[C@H](CO)[C@H]2C(=O)NCc1ccccc1. The molecule has 2 aliphatic rings. The second kappa shape index (κ2) is 8.64. The van der Waals surface area contributed by atoms with Gasteiger partial charge in [-0.2, -0.15) is 0 Å². The Kier molecular flexibility index (Phi) is 5.93. The fourth-order valence-corrected chi connectivity index (χ4v) is 4.95. The monoisotopic (exact) mass is 424 g/mol. The highest BCUT2D eigenvalue weighted by Gasteiger charge is 2.57. The molecule has 0 radical (unpaired) electrons. The number of carbonyl (C=O) groups excluding carboxylic acids is 2. The van der Waals surface area contributed by atoms with E-state index in [1.165, 1.54) is 6.07 Å². The lowest BCUT2D eigenvalue weighted by atomic mass is 9.86. The molecular formula is C23H28N4O4. The summed E-state index contributed by atoms with van der Waals surface area (Å²) in [5.41, 5.74) is 1.45.